The summed E-state index contributed by atoms with van der Waals surface area (Å²) in [6.07, 6.45) is 4.69. The molecule has 0 saturated heterocycles. The van der Waals surface area contributed by atoms with Crippen LogP contribution < -0.4 is 9.46 Å². The lowest BCUT2D eigenvalue weighted by molar-refractivity contribution is 0.0979. The maximum absolute atomic E-state index is 13.3. The average Bonchev–Trinajstić information content (AvgIpc) is 3.56. The summed E-state index contributed by atoms with van der Waals surface area (Å²) in [6.45, 7) is 3.68. The summed E-state index contributed by atoms with van der Waals surface area (Å²) in [4.78, 5) is 17.8. The molecule has 3 aliphatic rings. The highest BCUT2D eigenvalue weighted by Crippen LogP contribution is 2.47. The summed E-state index contributed by atoms with van der Waals surface area (Å²) in [5.41, 5.74) is 4.87. The summed E-state index contributed by atoms with van der Waals surface area (Å²) in [5.74, 6) is 0.691. The molecule has 214 valence electrons. The molecule has 0 radical (unpaired) electrons. The van der Waals surface area contributed by atoms with E-state index >= 15 is 0 Å². The minimum absolute atomic E-state index is 0.112. The fourth-order valence-electron chi connectivity index (χ4n) is 6.44. The monoisotopic (exact) mass is 565 g/mol. The van der Waals surface area contributed by atoms with Gasteiger partial charge in [-0.05, 0) is 62.7 Å². The summed E-state index contributed by atoms with van der Waals surface area (Å²) >= 11 is 0. The first-order chi connectivity index (χ1) is 19.2. The average molecular weight is 566 g/mol. The summed E-state index contributed by atoms with van der Waals surface area (Å²) in [6, 6.07) is 14.0. The Hall–Kier alpha value is -2.92. The van der Waals surface area contributed by atoms with Crippen LogP contribution in [0.15, 0.2) is 42.5 Å². The molecule has 10 heteroatoms. The lowest BCUT2D eigenvalue weighted by atomic mass is 9.91. The van der Waals surface area contributed by atoms with E-state index in [-0.39, 0.29) is 12.6 Å². The van der Waals surface area contributed by atoms with Crippen molar-refractivity contribution in [3.05, 3.63) is 53.6 Å². The second kappa shape index (κ2) is 10.8. The standard InChI is InChI=1S/C30H39N5O4S/c1-32-14-16-33(2)23-19-35-26-18-22(30(36)31-40(37,38)34(3)17-15-32)12-13-24(26)28(21-8-4-5-9-21)29(35)25-10-6-7-11-27(25)39-20-23/h6-7,10-13,18,21,23H,4-5,8-9,14-17,19-20H2,1-3H3,(H,31,36). The number of benzene rings is 2. The van der Waals surface area contributed by atoms with Crippen molar-refractivity contribution in [2.45, 2.75) is 44.2 Å². The van der Waals surface area contributed by atoms with Gasteiger partial charge < -0.3 is 14.2 Å². The summed E-state index contributed by atoms with van der Waals surface area (Å²) < 4.78 is 38.4. The van der Waals surface area contributed by atoms with Crippen LogP contribution in [0, 0.1) is 0 Å². The smallest absolute Gasteiger partial charge is 0.303 e. The molecule has 0 spiro atoms. The quantitative estimate of drug-likeness (QED) is 0.486. The van der Waals surface area contributed by atoms with Gasteiger partial charge in [0.05, 0.1) is 11.7 Å². The van der Waals surface area contributed by atoms with Gasteiger partial charge >= 0.3 is 10.2 Å². The Labute approximate surface area is 236 Å². The Bertz CT molecular complexity index is 1530. The second-order valence-electron chi connectivity index (χ2n) is 11.6. The Morgan fingerprint density at radius 1 is 0.950 bits per heavy atom. The summed E-state index contributed by atoms with van der Waals surface area (Å²) in [5, 5.41) is 1.14. The molecule has 2 aliphatic heterocycles. The Kier molecular flexibility index (Phi) is 7.37. The largest absolute Gasteiger partial charge is 0.491 e. The molecule has 1 atom stereocenters. The number of hydrogen-bond donors (Lipinski definition) is 1. The Morgan fingerprint density at radius 2 is 1.70 bits per heavy atom. The molecule has 3 aromatic rings. The molecule has 9 nitrogen and oxygen atoms in total. The van der Waals surface area contributed by atoms with E-state index in [0.29, 0.717) is 31.2 Å². The van der Waals surface area contributed by atoms with Gasteiger partial charge in [0.15, 0.2) is 0 Å². The fourth-order valence-corrected chi connectivity index (χ4v) is 7.27. The number of carbonyl (C=O) groups is 1. The predicted octanol–water partition coefficient (Wildman–Crippen LogP) is 3.51. The number of nitrogens with one attached hydrogen (secondary N) is 1. The van der Waals surface area contributed by atoms with Crippen LogP contribution in [-0.2, 0) is 16.8 Å². The van der Waals surface area contributed by atoms with Gasteiger partial charge in [0.1, 0.15) is 12.4 Å². The fraction of sp³-hybridized carbons (Fsp3) is 0.500. The zero-order valence-electron chi connectivity index (χ0n) is 23.6. The number of nitrogens with zero attached hydrogens (tertiary/aromatic N) is 4. The lowest BCUT2D eigenvalue weighted by Gasteiger charge is -2.33. The minimum atomic E-state index is -3.97. The van der Waals surface area contributed by atoms with E-state index in [1.807, 2.05) is 25.2 Å². The van der Waals surface area contributed by atoms with Crippen molar-refractivity contribution in [3.8, 4) is 17.0 Å². The zero-order valence-corrected chi connectivity index (χ0v) is 24.4. The van der Waals surface area contributed by atoms with Gasteiger partial charge in [-0.15, -0.1) is 0 Å². The topological polar surface area (TPSA) is 87.1 Å². The molecule has 1 aromatic heterocycles. The van der Waals surface area contributed by atoms with E-state index in [1.54, 1.807) is 6.07 Å². The number of likely N-dealkylation sites (N-methyl/N-ethyl adjacent to an activating group) is 3. The van der Waals surface area contributed by atoms with Gasteiger partial charge in [-0.1, -0.05) is 31.0 Å². The van der Waals surface area contributed by atoms with Crippen LogP contribution in [-0.4, -0.2) is 93.0 Å². The highest BCUT2D eigenvalue weighted by molar-refractivity contribution is 7.87. The van der Waals surface area contributed by atoms with Crippen molar-refractivity contribution in [2.75, 3.05) is 53.9 Å². The van der Waals surface area contributed by atoms with Crippen LogP contribution in [0.3, 0.4) is 0 Å². The van der Waals surface area contributed by atoms with E-state index in [9.17, 15) is 13.2 Å². The maximum atomic E-state index is 13.3. The van der Waals surface area contributed by atoms with Crippen molar-refractivity contribution in [2.24, 2.45) is 0 Å². The number of rotatable bonds is 1. The highest BCUT2D eigenvalue weighted by Gasteiger charge is 2.32. The molecular formula is C30H39N5O4S. The Balaban J connectivity index is 1.58. The van der Waals surface area contributed by atoms with Crippen molar-refractivity contribution >= 4 is 27.0 Å². The number of hydrogen-bond acceptors (Lipinski definition) is 6. The van der Waals surface area contributed by atoms with Gasteiger partial charge in [0.2, 0.25) is 0 Å². The van der Waals surface area contributed by atoms with Crippen LogP contribution in [0.1, 0.15) is 47.5 Å². The number of para-hydroxylation sites is 1. The molecule has 2 aromatic carbocycles. The Morgan fingerprint density at radius 3 is 2.50 bits per heavy atom. The first-order valence-corrected chi connectivity index (χ1v) is 15.7. The SMILES string of the molecule is CN1CCN(C)C2COc3ccccc3-c3c(C4CCCC4)c4ccc(cc4n3C2)C(=O)NS(=O)(=O)N(C)CC1. The number of amides is 1. The van der Waals surface area contributed by atoms with Crippen molar-refractivity contribution in [1.82, 2.24) is 23.4 Å². The molecular weight excluding hydrogens is 526 g/mol. The van der Waals surface area contributed by atoms with Gasteiger partial charge in [-0.25, -0.2) is 4.72 Å². The third-order valence-electron chi connectivity index (χ3n) is 8.98. The normalized spacial score (nSPS) is 23.6. The van der Waals surface area contributed by atoms with Crippen molar-refractivity contribution in [1.29, 1.82) is 0 Å². The van der Waals surface area contributed by atoms with E-state index < -0.39 is 16.1 Å². The summed E-state index contributed by atoms with van der Waals surface area (Å²) in [7, 11) is 1.66. The van der Waals surface area contributed by atoms with Crippen molar-refractivity contribution < 1.29 is 17.9 Å². The molecule has 6 rings (SSSR count). The maximum Gasteiger partial charge on any atom is 0.303 e. The molecule has 1 unspecified atom stereocenters. The lowest BCUT2D eigenvalue weighted by Crippen LogP contribution is -2.46. The number of carbonyl (C=O) groups excluding carboxylic acids is 1. The number of fused-ring (bicyclic) bond motifs is 4. The van der Waals surface area contributed by atoms with Crippen LogP contribution in [0.5, 0.6) is 5.75 Å². The third-order valence-corrected chi connectivity index (χ3v) is 10.4. The first-order valence-electron chi connectivity index (χ1n) is 14.3. The van der Waals surface area contributed by atoms with Crippen LogP contribution in [0.25, 0.3) is 22.2 Å². The van der Waals surface area contributed by atoms with Gasteiger partial charge in [-0.3, -0.25) is 9.69 Å². The minimum Gasteiger partial charge on any atom is -0.491 e. The number of aromatic nitrogens is 1. The molecule has 4 bridgehead atoms. The highest BCUT2D eigenvalue weighted by atomic mass is 32.2. The van der Waals surface area contributed by atoms with E-state index in [1.165, 1.54) is 35.5 Å². The van der Waals surface area contributed by atoms with Crippen molar-refractivity contribution in [3.63, 3.8) is 0 Å². The van der Waals surface area contributed by atoms with E-state index in [0.717, 1.165) is 48.1 Å². The third kappa shape index (κ3) is 5.02. The van der Waals surface area contributed by atoms with E-state index in [4.69, 9.17) is 4.74 Å². The molecule has 1 aliphatic carbocycles. The molecule has 40 heavy (non-hydrogen) atoms. The van der Waals surface area contributed by atoms with Gasteiger partial charge in [0, 0.05) is 61.8 Å². The molecule has 1 amide bonds. The van der Waals surface area contributed by atoms with Gasteiger partial charge in [0.25, 0.3) is 5.91 Å². The van der Waals surface area contributed by atoms with Crippen LogP contribution in [0.4, 0.5) is 0 Å². The van der Waals surface area contributed by atoms with E-state index in [2.05, 4.69) is 44.3 Å². The first kappa shape index (κ1) is 27.3. The molecule has 3 heterocycles. The second-order valence-corrected chi connectivity index (χ2v) is 13.4. The molecule has 1 fully saturated rings. The molecule has 1 N–H and O–H groups in total. The number of ether oxygens (including phenoxy) is 1. The van der Waals surface area contributed by atoms with Crippen LogP contribution in [0.2, 0.25) is 0 Å². The van der Waals surface area contributed by atoms with Crippen LogP contribution >= 0.6 is 0 Å². The zero-order chi connectivity index (χ0) is 28.0. The molecule has 1 saturated carbocycles. The van der Waals surface area contributed by atoms with Gasteiger partial charge in [-0.2, -0.15) is 12.7 Å². The predicted molar refractivity (Wildman–Crippen MR) is 157 cm³/mol.